The molecule has 2 aromatic carbocycles. The normalized spacial score (nSPS) is 10.1. The minimum absolute atomic E-state index is 0.0905. The summed E-state index contributed by atoms with van der Waals surface area (Å²) in [6.45, 7) is 4.43. The van der Waals surface area contributed by atoms with Gasteiger partial charge in [-0.05, 0) is 42.5 Å². The van der Waals surface area contributed by atoms with Crippen LogP contribution in [-0.4, -0.2) is 31.6 Å². The summed E-state index contributed by atoms with van der Waals surface area (Å²) in [5, 5.41) is 0.607. The number of hydrogen-bond acceptors (Lipinski definition) is 3. The van der Waals surface area contributed by atoms with Crippen LogP contribution in [0.4, 0.5) is 0 Å². The summed E-state index contributed by atoms with van der Waals surface area (Å²) in [6.07, 6.45) is 1.67. The summed E-state index contributed by atoms with van der Waals surface area (Å²) in [6, 6.07) is 12.4. The van der Waals surface area contributed by atoms with Crippen molar-refractivity contribution in [1.82, 2.24) is 4.90 Å². The van der Waals surface area contributed by atoms with Crippen LogP contribution in [0, 0.1) is 0 Å². The van der Waals surface area contributed by atoms with Gasteiger partial charge in [0.2, 0.25) is 0 Å². The topological polar surface area (TPSA) is 38.8 Å². The first-order chi connectivity index (χ1) is 11.5. The van der Waals surface area contributed by atoms with Gasteiger partial charge in [-0.25, -0.2) is 0 Å². The summed E-state index contributed by atoms with van der Waals surface area (Å²) in [4.78, 5) is 14.2. The largest absolute Gasteiger partial charge is 0.496 e. The number of methoxy groups -OCH3 is 1. The number of amides is 1. The molecule has 126 valence electrons. The van der Waals surface area contributed by atoms with E-state index in [0.29, 0.717) is 35.2 Å². The maximum absolute atomic E-state index is 12.6. The number of benzene rings is 2. The minimum atomic E-state index is -0.0905. The Morgan fingerprint density at radius 3 is 2.58 bits per heavy atom. The van der Waals surface area contributed by atoms with E-state index >= 15 is 0 Å². The van der Waals surface area contributed by atoms with Crippen molar-refractivity contribution >= 4 is 17.5 Å². The highest BCUT2D eigenvalue weighted by Gasteiger charge is 2.14. The highest BCUT2D eigenvalue weighted by atomic mass is 35.5. The third-order valence-corrected chi connectivity index (χ3v) is 3.70. The zero-order chi connectivity index (χ0) is 17.5. The second kappa shape index (κ2) is 8.41. The average Bonchev–Trinajstić information content (AvgIpc) is 2.60. The Bertz CT molecular complexity index is 713. The molecule has 0 saturated carbocycles. The Hall–Kier alpha value is -2.46. The van der Waals surface area contributed by atoms with Crippen LogP contribution in [0.5, 0.6) is 11.5 Å². The van der Waals surface area contributed by atoms with Gasteiger partial charge in [-0.1, -0.05) is 24.3 Å². The van der Waals surface area contributed by atoms with Crippen LogP contribution < -0.4 is 9.47 Å². The van der Waals surface area contributed by atoms with E-state index in [4.69, 9.17) is 21.1 Å². The third-order valence-electron chi connectivity index (χ3n) is 3.47. The van der Waals surface area contributed by atoms with Crippen molar-refractivity contribution in [2.75, 3.05) is 20.8 Å². The molecule has 1 amide bonds. The molecule has 0 aliphatic carbocycles. The molecule has 0 unspecified atom stereocenters. The third kappa shape index (κ3) is 4.52. The Morgan fingerprint density at radius 2 is 1.96 bits per heavy atom. The molecule has 0 aromatic heterocycles. The molecule has 2 rings (SSSR count). The summed E-state index contributed by atoms with van der Waals surface area (Å²) >= 11 is 6.03. The number of carbonyl (C=O) groups excluding carboxylic acids is 1. The number of halogens is 1. The molecule has 0 saturated heterocycles. The summed E-state index contributed by atoms with van der Waals surface area (Å²) < 4.78 is 10.7. The Balaban J connectivity index is 2.09. The van der Waals surface area contributed by atoms with Crippen LogP contribution in [0.15, 0.2) is 55.1 Å². The first-order valence-corrected chi connectivity index (χ1v) is 7.84. The van der Waals surface area contributed by atoms with E-state index < -0.39 is 0 Å². The smallest absolute Gasteiger partial charge is 0.253 e. The lowest BCUT2D eigenvalue weighted by molar-refractivity contribution is 0.0784. The van der Waals surface area contributed by atoms with Crippen molar-refractivity contribution in [2.24, 2.45) is 0 Å². The van der Waals surface area contributed by atoms with Crippen molar-refractivity contribution in [1.29, 1.82) is 0 Å². The molecular formula is C19H20ClNO3. The van der Waals surface area contributed by atoms with Gasteiger partial charge in [0.1, 0.15) is 18.1 Å². The van der Waals surface area contributed by atoms with Crippen molar-refractivity contribution in [3.05, 3.63) is 71.3 Å². The highest BCUT2D eigenvalue weighted by molar-refractivity contribution is 6.30. The summed E-state index contributed by atoms with van der Waals surface area (Å²) in [5.41, 5.74) is 1.44. The number of nitrogens with zero attached hydrogens (tertiary/aromatic N) is 1. The minimum Gasteiger partial charge on any atom is -0.496 e. The Kier molecular flexibility index (Phi) is 6.27. The van der Waals surface area contributed by atoms with Crippen LogP contribution in [0.2, 0.25) is 5.02 Å². The predicted octanol–water partition coefficient (Wildman–Crippen LogP) is 4.19. The van der Waals surface area contributed by atoms with Gasteiger partial charge >= 0.3 is 0 Å². The monoisotopic (exact) mass is 345 g/mol. The van der Waals surface area contributed by atoms with Gasteiger partial charge in [0, 0.05) is 29.7 Å². The molecule has 0 heterocycles. The van der Waals surface area contributed by atoms with Gasteiger partial charge in [-0.2, -0.15) is 0 Å². The lowest BCUT2D eigenvalue weighted by atomic mass is 10.1. The lowest BCUT2D eigenvalue weighted by Crippen LogP contribution is -2.26. The first-order valence-electron chi connectivity index (χ1n) is 7.46. The first kappa shape index (κ1) is 17.9. The van der Waals surface area contributed by atoms with Gasteiger partial charge in [-0.15, -0.1) is 0 Å². The molecule has 0 N–H and O–H groups in total. The summed E-state index contributed by atoms with van der Waals surface area (Å²) in [7, 11) is 3.33. The van der Waals surface area contributed by atoms with E-state index in [0.717, 1.165) is 5.56 Å². The van der Waals surface area contributed by atoms with Crippen LogP contribution in [0.1, 0.15) is 15.9 Å². The molecule has 0 bridgehead atoms. The molecule has 0 spiro atoms. The van der Waals surface area contributed by atoms with E-state index in [1.807, 2.05) is 0 Å². The van der Waals surface area contributed by atoms with Crippen LogP contribution >= 0.6 is 11.6 Å². The Labute approximate surface area is 147 Å². The molecule has 4 nitrogen and oxygen atoms in total. The molecule has 0 aliphatic rings. The molecular weight excluding hydrogens is 326 g/mol. The maximum atomic E-state index is 12.6. The molecule has 5 heteroatoms. The fourth-order valence-corrected chi connectivity index (χ4v) is 2.46. The van der Waals surface area contributed by atoms with Gasteiger partial charge in [0.25, 0.3) is 5.91 Å². The van der Waals surface area contributed by atoms with Gasteiger partial charge in [-0.3, -0.25) is 4.79 Å². The predicted molar refractivity (Wildman–Crippen MR) is 95.9 cm³/mol. The van der Waals surface area contributed by atoms with E-state index in [1.54, 1.807) is 67.6 Å². The standard InChI is InChI=1S/C19H20ClNO3/c1-4-11-24-17-8-5-14(6-9-17)19(22)21(2)13-15-12-16(20)7-10-18(15)23-3/h4-10,12H,1,11,13H2,2-3H3. The van der Waals surface area contributed by atoms with E-state index in [1.165, 1.54) is 0 Å². The SMILES string of the molecule is C=CCOc1ccc(C(=O)N(C)Cc2cc(Cl)ccc2OC)cc1. The van der Waals surface area contributed by atoms with E-state index in [9.17, 15) is 4.79 Å². The van der Waals surface area contributed by atoms with Crippen LogP contribution in [0.3, 0.4) is 0 Å². The second-order valence-corrected chi connectivity index (χ2v) is 5.68. The second-order valence-electron chi connectivity index (χ2n) is 5.24. The highest BCUT2D eigenvalue weighted by Crippen LogP contribution is 2.24. The number of rotatable bonds is 7. The van der Waals surface area contributed by atoms with Gasteiger partial charge < -0.3 is 14.4 Å². The fraction of sp³-hybridized carbons (Fsp3) is 0.211. The average molecular weight is 346 g/mol. The quantitative estimate of drug-likeness (QED) is 0.706. The summed E-state index contributed by atoms with van der Waals surface area (Å²) in [5.74, 6) is 1.31. The number of hydrogen-bond donors (Lipinski definition) is 0. The molecule has 0 radical (unpaired) electrons. The van der Waals surface area contributed by atoms with E-state index in [-0.39, 0.29) is 5.91 Å². The molecule has 0 fully saturated rings. The number of ether oxygens (including phenoxy) is 2. The van der Waals surface area contributed by atoms with Crippen molar-refractivity contribution in [3.63, 3.8) is 0 Å². The van der Waals surface area contributed by atoms with E-state index in [2.05, 4.69) is 6.58 Å². The maximum Gasteiger partial charge on any atom is 0.253 e. The molecule has 24 heavy (non-hydrogen) atoms. The zero-order valence-electron chi connectivity index (χ0n) is 13.8. The van der Waals surface area contributed by atoms with Crippen molar-refractivity contribution < 1.29 is 14.3 Å². The van der Waals surface area contributed by atoms with Gasteiger partial charge in [0.05, 0.1) is 7.11 Å². The molecule has 2 aromatic rings. The lowest BCUT2D eigenvalue weighted by Gasteiger charge is -2.19. The zero-order valence-corrected chi connectivity index (χ0v) is 14.5. The fourth-order valence-electron chi connectivity index (χ4n) is 2.27. The Morgan fingerprint density at radius 1 is 1.25 bits per heavy atom. The number of carbonyl (C=O) groups is 1. The van der Waals surface area contributed by atoms with Crippen LogP contribution in [-0.2, 0) is 6.54 Å². The molecule has 0 aliphatic heterocycles. The van der Waals surface area contributed by atoms with Crippen molar-refractivity contribution in [2.45, 2.75) is 6.54 Å². The molecule has 0 atom stereocenters. The van der Waals surface area contributed by atoms with Crippen LogP contribution in [0.25, 0.3) is 0 Å². The van der Waals surface area contributed by atoms with Gasteiger partial charge in [0.15, 0.2) is 0 Å². The van der Waals surface area contributed by atoms with Crippen molar-refractivity contribution in [3.8, 4) is 11.5 Å².